The van der Waals surface area contributed by atoms with Gasteiger partial charge in [-0.15, -0.1) is 0 Å². The Morgan fingerprint density at radius 3 is 2.65 bits per heavy atom. The molecule has 0 aliphatic rings. The van der Waals surface area contributed by atoms with Crippen molar-refractivity contribution in [2.24, 2.45) is 0 Å². The summed E-state index contributed by atoms with van der Waals surface area (Å²) in [6.07, 6.45) is 0. The number of methoxy groups -OCH3 is 1. The van der Waals surface area contributed by atoms with E-state index < -0.39 is 0 Å². The van der Waals surface area contributed by atoms with E-state index in [1.165, 1.54) is 18.9 Å². The number of H-pyrrole nitrogens is 1. The van der Waals surface area contributed by atoms with E-state index in [9.17, 15) is 9.59 Å². The van der Waals surface area contributed by atoms with Crippen LogP contribution >= 0.6 is 11.8 Å². The molecule has 0 aliphatic carbocycles. The molecule has 5 nitrogen and oxygen atoms in total. The highest BCUT2D eigenvalue weighted by molar-refractivity contribution is 7.98. The molecule has 1 heterocycles. The normalized spacial score (nSPS) is 10.7. The number of fused-ring (bicyclic) bond motifs is 1. The summed E-state index contributed by atoms with van der Waals surface area (Å²) in [5.74, 6) is 0.285. The highest BCUT2D eigenvalue weighted by atomic mass is 32.2. The second-order valence-electron chi connectivity index (χ2n) is 4.87. The van der Waals surface area contributed by atoms with E-state index in [0.717, 1.165) is 5.56 Å². The minimum Gasteiger partial charge on any atom is -0.465 e. The quantitative estimate of drug-likeness (QED) is 0.453. The van der Waals surface area contributed by atoms with Gasteiger partial charge < -0.3 is 9.72 Å². The van der Waals surface area contributed by atoms with Gasteiger partial charge in [-0.25, -0.2) is 9.78 Å². The van der Waals surface area contributed by atoms with Gasteiger partial charge >= 0.3 is 5.97 Å². The topological polar surface area (TPSA) is 72.0 Å². The van der Waals surface area contributed by atoms with Crippen LogP contribution in [-0.4, -0.2) is 23.0 Å². The molecule has 0 saturated heterocycles. The molecule has 3 rings (SSSR count). The average Bonchev–Trinajstić information content (AvgIpc) is 2.60. The van der Waals surface area contributed by atoms with Gasteiger partial charge in [0.25, 0.3) is 5.56 Å². The van der Waals surface area contributed by atoms with Crippen LogP contribution in [0.4, 0.5) is 0 Å². The van der Waals surface area contributed by atoms with Crippen molar-refractivity contribution in [3.8, 4) is 0 Å². The van der Waals surface area contributed by atoms with Crippen molar-refractivity contribution in [1.29, 1.82) is 0 Å². The Labute approximate surface area is 136 Å². The molecule has 0 radical (unpaired) electrons. The maximum Gasteiger partial charge on any atom is 0.337 e. The lowest BCUT2D eigenvalue weighted by Crippen LogP contribution is -2.08. The van der Waals surface area contributed by atoms with Gasteiger partial charge in [-0.2, -0.15) is 0 Å². The fraction of sp³-hybridized carbons (Fsp3) is 0.118. The molecule has 0 bridgehead atoms. The van der Waals surface area contributed by atoms with Crippen LogP contribution in [0.5, 0.6) is 0 Å². The van der Waals surface area contributed by atoms with Crippen molar-refractivity contribution in [3.63, 3.8) is 0 Å². The van der Waals surface area contributed by atoms with E-state index in [0.29, 0.717) is 27.4 Å². The molecular formula is C17H14N2O3S. The lowest BCUT2D eigenvalue weighted by atomic mass is 10.1. The Kier molecular flexibility index (Phi) is 4.43. The highest BCUT2D eigenvalue weighted by Crippen LogP contribution is 2.20. The predicted molar refractivity (Wildman–Crippen MR) is 89.7 cm³/mol. The van der Waals surface area contributed by atoms with Gasteiger partial charge in [0.05, 0.1) is 23.6 Å². The smallest absolute Gasteiger partial charge is 0.337 e. The number of rotatable bonds is 4. The average molecular weight is 326 g/mol. The van der Waals surface area contributed by atoms with E-state index >= 15 is 0 Å². The second kappa shape index (κ2) is 6.66. The summed E-state index contributed by atoms with van der Waals surface area (Å²) in [5, 5.41) is 1.16. The number of hydrogen-bond acceptors (Lipinski definition) is 5. The van der Waals surface area contributed by atoms with Crippen molar-refractivity contribution in [2.75, 3.05) is 7.11 Å². The number of carbonyl (C=O) groups excluding carboxylic acids is 1. The van der Waals surface area contributed by atoms with E-state index in [1.807, 2.05) is 30.3 Å². The molecule has 1 aromatic heterocycles. The predicted octanol–water partition coefficient (Wildman–Crippen LogP) is 3.00. The summed E-state index contributed by atoms with van der Waals surface area (Å²) in [4.78, 5) is 30.6. The Hall–Kier alpha value is -2.60. The molecule has 0 atom stereocenters. The number of ether oxygens (including phenoxy) is 1. The van der Waals surface area contributed by atoms with E-state index in [1.54, 1.807) is 18.2 Å². The van der Waals surface area contributed by atoms with Gasteiger partial charge in [0.2, 0.25) is 0 Å². The zero-order chi connectivity index (χ0) is 16.2. The molecule has 116 valence electrons. The second-order valence-corrected chi connectivity index (χ2v) is 5.83. The zero-order valence-corrected chi connectivity index (χ0v) is 13.2. The van der Waals surface area contributed by atoms with Crippen LogP contribution < -0.4 is 5.56 Å². The highest BCUT2D eigenvalue weighted by Gasteiger charge is 2.06. The zero-order valence-electron chi connectivity index (χ0n) is 12.4. The van der Waals surface area contributed by atoms with Crippen LogP contribution in [0.2, 0.25) is 0 Å². The first-order valence-electron chi connectivity index (χ1n) is 6.96. The van der Waals surface area contributed by atoms with Gasteiger partial charge in [-0.3, -0.25) is 4.79 Å². The van der Waals surface area contributed by atoms with Gasteiger partial charge in [0, 0.05) is 5.75 Å². The van der Waals surface area contributed by atoms with Crippen LogP contribution in [0.15, 0.2) is 58.5 Å². The van der Waals surface area contributed by atoms with Crippen molar-refractivity contribution in [3.05, 3.63) is 70.0 Å². The van der Waals surface area contributed by atoms with Gasteiger partial charge in [0.15, 0.2) is 5.16 Å². The molecule has 6 heteroatoms. The number of nitrogens with one attached hydrogen (secondary N) is 1. The largest absolute Gasteiger partial charge is 0.465 e. The number of hydrogen-bond donors (Lipinski definition) is 1. The number of benzene rings is 2. The number of para-hydroxylation sites is 1. The van der Waals surface area contributed by atoms with E-state index in [4.69, 9.17) is 0 Å². The number of esters is 1. The number of aromatic amines is 1. The Balaban J connectivity index is 1.75. The number of nitrogens with zero attached hydrogens (tertiary/aromatic N) is 1. The number of thioether (sulfide) groups is 1. The van der Waals surface area contributed by atoms with Gasteiger partial charge in [-0.1, -0.05) is 36.0 Å². The first-order chi connectivity index (χ1) is 11.2. The molecule has 0 aliphatic heterocycles. The van der Waals surface area contributed by atoms with Crippen LogP contribution in [0, 0.1) is 0 Å². The molecule has 0 amide bonds. The first kappa shape index (κ1) is 15.3. The first-order valence-corrected chi connectivity index (χ1v) is 7.95. The van der Waals surface area contributed by atoms with Crippen molar-refractivity contribution < 1.29 is 9.53 Å². The lowest BCUT2D eigenvalue weighted by Gasteiger charge is -2.04. The summed E-state index contributed by atoms with van der Waals surface area (Å²) < 4.78 is 4.67. The van der Waals surface area contributed by atoms with E-state index in [-0.39, 0.29) is 11.5 Å². The fourth-order valence-electron chi connectivity index (χ4n) is 2.14. The standard InChI is InChI=1S/C17H14N2O3S/c1-22-16(21)12-8-6-11(7-9-12)10-23-17-18-14-5-3-2-4-13(14)15(20)19-17/h2-9H,10H2,1H3,(H,18,19,20). The van der Waals surface area contributed by atoms with Gasteiger partial charge in [-0.05, 0) is 29.8 Å². The van der Waals surface area contributed by atoms with Crippen molar-refractivity contribution in [2.45, 2.75) is 10.9 Å². The Morgan fingerprint density at radius 2 is 1.91 bits per heavy atom. The summed E-state index contributed by atoms with van der Waals surface area (Å²) in [6, 6.07) is 14.4. The Morgan fingerprint density at radius 1 is 1.17 bits per heavy atom. The number of carbonyl (C=O) groups is 1. The molecule has 2 aromatic carbocycles. The van der Waals surface area contributed by atoms with Gasteiger partial charge in [0.1, 0.15) is 0 Å². The van der Waals surface area contributed by atoms with Crippen LogP contribution in [0.25, 0.3) is 10.9 Å². The molecular weight excluding hydrogens is 312 g/mol. The third-order valence-corrected chi connectivity index (χ3v) is 4.29. The maximum atomic E-state index is 12.0. The summed E-state index contributed by atoms with van der Waals surface area (Å²) in [7, 11) is 1.35. The Bertz CT molecular complexity index is 904. The minimum atomic E-state index is -0.357. The molecule has 0 saturated carbocycles. The summed E-state index contributed by atoms with van der Waals surface area (Å²) >= 11 is 1.44. The number of aromatic nitrogens is 2. The molecule has 0 fully saturated rings. The molecule has 1 N–H and O–H groups in total. The monoisotopic (exact) mass is 326 g/mol. The van der Waals surface area contributed by atoms with Crippen LogP contribution in [-0.2, 0) is 10.5 Å². The maximum absolute atomic E-state index is 12.0. The third kappa shape index (κ3) is 3.43. The van der Waals surface area contributed by atoms with Crippen LogP contribution in [0.3, 0.4) is 0 Å². The van der Waals surface area contributed by atoms with Crippen LogP contribution in [0.1, 0.15) is 15.9 Å². The molecule has 0 unspecified atom stereocenters. The SMILES string of the molecule is COC(=O)c1ccc(CSc2nc3ccccc3c(=O)[nH]2)cc1. The molecule has 23 heavy (non-hydrogen) atoms. The lowest BCUT2D eigenvalue weighted by molar-refractivity contribution is 0.0600. The molecule has 0 spiro atoms. The fourth-order valence-corrected chi connectivity index (χ4v) is 2.96. The summed E-state index contributed by atoms with van der Waals surface area (Å²) in [5.41, 5.74) is 2.08. The van der Waals surface area contributed by atoms with E-state index in [2.05, 4.69) is 14.7 Å². The minimum absolute atomic E-state index is 0.140. The third-order valence-electron chi connectivity index (χ3n) is 3.34. The molecule has 3 aromatic rings. The van der Waals surface area contributed by atoms with Crippen molar-refractivity contribution in [1.82, 2.24) is 9.97 Å². The van der Waals surface area contributed by atoms with Crippen molar-refractivity contribution >= 4 is 28.6 Å². The summed E-state index contributed by atoms with van der Waals surface area (Å²) in [6.45, 7) is 0.